The highest BCUT2D eigenvalue weighted by atomic mass is 32.2. The van der Waals surface area contributed by atoms with Gasteiger partial charge in [0.1, 0.15) is 12.4 Å². The van der Waals surface area contributed by atoms with Crippen molar-refractivity contribution in [3.05, 3.63) is 95.6 Å². The maximum Gasteiger partial charge on any atom is 0.252 e. The number of sulfone groups is 1. The molecule has 0 aromatic heterocycles. The topological polar surface area (TPSA) is 72.5 Å². The molecule has 3 aromatic rings. The summed E-state index contributed by atoms with van der Waals surface area (Å²) >= 11 is 0. The second-order valence-electron chi connectivity index (χ2n) is 7.14. The van der Waals surface area contributed by atoms with Crippen LogP contribution >= 0.6 is 0 Å². The average molecular weight is 424 g/mol. The van der Waals surface area contributed by atoms with Gasteiger partial charge in [0.05, 0.1) is 15.7 Å². The van der Waals surface area contributed by atoms with Crippen molar-refractivity contribution in [1.82, 2.24) is 5.32 Å². The quantitative estimate of drug-likeness (QED) is 0.584. The lowest BCUT2D eigenvalue weighted by atomic mass is 10.1. The molecule has 0 bridgehead atoms. The summed E-state index contributed by atoms with van der Waals surface area (Å²) in [4.78, 5) is 12.8. The summed E-state index contributed by atoms with van der Waals surface area (Å²) in [6.07, 6.45) is 0. The van der Waals surface area contributed by atoms with E-state index in [4.69, 9.17) is 4.74 Å². The highest BCUT2D eigenvalue weighted by Gasteiger charge is 2.25. The Morgan fingerprint density at radius 2 is 1.47 bits per heavy atom. The van der Waals surface area contributed by atoms with Crippen LogP contribution in [0.2, 0.25) is 0 Å². The minimum Gasteiger partial charge on any atom is -0.489 e. The maximum atomic E-state index is 12.8. The average Bonchev–Trinajstić information content (AvgIpc) is 2.77. The van der Waals surface area contributed by atoms with E-state index in [0.29, 0.717) is 6.61 Å². The van der Waals surface area contributed by atoms with Gasteiger partial charge in [0.2, 0.25) is 0 Å². The molecule has 156 valence electrons. The van der Waals surface area contributed by atoms with Gasteiger partial charge in [-0.05, 0) is 49.2 Å². The Kier molecular flexibility index (Phi) is 6.90. The lowest BCUT2D eigenvalue weighted by Gasteiger charge is -2.14. The second-order valence-corrected chi connectivity index (χ2v) is 9.62. The SMILES string of the molecule is CC(C)S(=O)(=O)c1ccccc1C(=O)NCc1ccccc1COc1ccccc1. The van der Waals surface area contributed by atoms with Gasteiger partial charge in [-0.3, -0.25) is 4.79 Å². The van der Waals surface area contributed by atoms with Crippen LogP contribution in [0.5, 0.6) is 5.75 Å². The molecular formula is C24H25NO4S. The molecule has 0 spiro atoms. The number of rotatable bonds is 8. The number of para-hydroxylation sites is 1. The summed E-state index contributed by atoms with van der Waals surface area (Å²) in [6, 6.07) is 23.5. The van der Waals surface area contributed by atoms with Crippen molar-refractivity contribution in [3.63, 3.8) is 0 Å². The molecule has 3 rings (SSSR count). The van der Waals surface area contributed by atoms with Gasteiger partial charge in [0.15, 0.2) is 9.84 Å². The highest BCUT2D eigenvalue weighted by molar-refractivity contribution is 7.92. The zero-order valence-corrected chi connectivity index (χ0v) is 17.9. The van der Waals surface area contributed by atoms with E-state index in [9.17, 15) is 13.2 Å². The molecule has 0 atom stereocenters. The number of ether oxygens (including phenoxy) is 1. The van der Waals surface area contributed by atoms with E-state index < -0.39 is 21.0 Å². The molecule has 3 aromatic carbocycles. The van der Waals surface area contributed by atoms with Crippen molar-refractivity contribution in [3.8, 4) is 5.75 Å². The van der Waals surface area contributed by atoms with Gasteiger partial charge < -0.3 is 10.1 Å². The van der Waals surface area contributed by atoms with Crippen molar-refractivity contribution in [2.75, 3.05) is 0 Å². The summed E-state index contributed by atoms with van der Waals surface area (Å²) in [5.74, 6) is 0.345. The normalized spacial score (nSPS) is 11.3. The molecule has 0 saturated heterocycles. The number of carbonyl (C=O) groups is 1. The monoisotopic (exact) mass is 423 g/mol. The van der Waals surface area contributed by atoms with Crippen LogP contribution in [0.1, 0.15) is 35.3 Å². The summed E-state index contributed by atoms with van der Waals surface area (Å²) in [5.41, 5.74) is 2.01. The minimum atomic E-state index is -3.56. The third-order valence-electron chi connectivity index (χ3n) is 4.75. The van der Waals surface area contributed by atoms with Gasteiger partial charge in [-0.25, -0.2) is 8.42 Å². The Labute approximate surface area is 177 Å². The molecule has 0 saturated carbocycles. The predicted molar refractivity (Wildman–Crippen MR) is 117 cm³/mol. The van der Waals surface area contributed by atoms with Crippen LogP contribution in [0.3, 0.4) is 0 Å². The molecule has 0 aliphatic carbocycles. The van der Waals surface area contributed by atoms with Gasteiger partial charge >= 0.3 is 0 Å². The van der Waals surface area contributed by atoms with E-state index in [1.54, 1.807) is 26.0 Å². The first-order valence-electron chi connectivity index (χ1n) is 9.75. The third-order valence-corrected chi connectivity index (χ3v) is 6.96. The standard InChI is InChI=1S/C24H25NO4S/c1-18(2)30(27,28)23-15-9-8-14-22(23)24(26)25-16-19-10-6-7-11-20(19)17-29-21-12-4-3-5-13-21/h3-15,18H,16-17H2,1-2H3,(H,25,26). The zero-order valence-electron chi connectivity index (χ0n) is 17.0. The number of hydrogen-bond donors (Lipinski definition) is 1. The molecule has 0 heterocycles. The first kappa shape index (κ1) is 21.6. The fraction of sp³-hybridized carbons (Fsp3) is 0.208. The number of hydrogen-bond acceptors (Lipinski definition) is 4. The third kappa shape index (κ3) is 5.07. The molecule has 6 heteroatoms. The first-order valence-corrected chi connectivity index (χ1v) is 11.3. The van der Waals surface area contributed by atoms with Gasteiger partial charge in [-0.2, -0.15) is 0 Å². The van der Waals surface area contributed by atoms with Gasteiger partial charge in [0, 0.05) is 6.54 Å². The summed E-state index contributed by atoms with van der Waals surface area (Å²) in [5, 5.41) is 2.24. The first-order chi connectivity index (χ1) is 14.4. The Hall–Kier alpha value is -3.12. The van der Waals surface area contributed by atoms with Crippen LogP contribution in [-0.4, -0.2) is 19.6 Å². The van der Waals surface area contributed by atoms with E-state index in [0.717, 1.165) is 16.9 Å². The molecule has 30 heavy (non-hydrogen) atoms. The Bertz CT molecular complexity index is 1110. The van der Waals surface area contributed by atoms with Crippen LogP contribution in [-0.2, 0) is 23.0 Å². The van der Waals surface area contributed by atoms with Crippen LogP contribution in [0, 0.1) is 0 Å². The number of nitrogens with one attached hydrogen (secondary N) is 1. The van der Waals surface area contributed by atoms with Crippen molar-refractivity contribution < 1.29 is 17.9 Å². The lowest BCUT2D eigenvalue weighted by molar-refractivity contribution is 0.0947. The fourth-order valence-corrected chi connectivity index (χ4v) is 4.22. The fourth-order valence-electron chi connectivity index (χ4n) is 2.98. The van der Waals surface area contributed by atoms with Crippen molar-refractivity contribution >= 4 is 15.7 Å². The van der Waals surface area contributed by atoms with Crippen LogP contribution in [0.15, 0.2) is 83.8 Å². The molecule has 1 amide bonds. The molecule has 5 nitrogen and oxygen atoms in total. The van der Waals surface area contributed by atoms with Crippen molar-refractivity contribution in [2.45, 2.75) is 37.1 Å². The molecule has 0 radical (unpaired) electrons. The van der Waals surface area contributed by atoms with Crippen molar-refractivity contribution in [2.24, 2.45) is 0 Å². The molecule has 0 fully saturated rings. The van der Waals surface area contributed by atoms with Gasteiger partial charge in [-0.15, -0.1) is 0 Å². The molecular weight excluding hydrogens is 398 g/mol. The van der Waals surface area contributed by atoms with Gasteiger partial charge in [-0.1, -0.05) is 54.6 Å². The van der Waals surface area contributed by atoms with E-state index >= 15 is 0 Å². The molecule has 0 aliphatic rings. The minimum absolute atomic E-state index is 0.0539. The van der Waals surface area contributed by atoms with Crippen molar-refractivity contribution in [1.29, 1.82) is 0 Å². The van der Waals surface area contributed by atoms with E-state index in [1.807, 2.05) is 54.6 Å². The Morgan fingerprint density at radius 1 is 0.867 bits per heavy atom. The maximum absolute atomic E-state index is 12.8. The van der Waals surface area contributed by atoms with Gasteiger partial charge in [0.25, 0.3) is 5.91 Å². The molecule has 1 N–H and O–H groups in total. The second kappa shape index (κ2) is 9.59. The van der Waals surface area contributed by atoms with E-state index in [1.165, 1.54) is 12.1 Å². The number of amides is 1. The number of carbonyl (C=O) groups excluding carboxylic acids is 1. The molecule has 0 aliphatic heterocycles. The Morgan fingerprint density at radius 3 is 2.17 bits per heavy atom. The van der Waals surface area contributed by atoms with Crippen LogP contribution < -0.4 is 10.1 Å². The Balaban J connectivity index is 1.73. The number of benzene rings is 3. The highest BCUT2D eigenvalue weighted by Crippen LogP contribution is 2.21. The molecule has 0 unspecified atom stereocenters. The predicted octanol–water partition coefficient (Wildman–Crippen LogP) is 4.38. The largest absolute Gasteiger partial charge is 0.489 e. The van der Waals surface area contributed by atoms with E-state index in [-0.39, 0.29) is 17.0 Å². The van der Waals surface area contributed by atoms with Crippen LogP contribution in [0.25, 0.3) is 0 Å². The summed E-state index contributed by atoms with van der Waals surface area (Å²) in [7, 11) is -3.56. The summed E-state index contributed by atoms with van der Waals surface area (Å²) in [6.45, 7) is 3.84. The smallest absolute Gasteiger partial charge is 0.252 e. The zero-order chi connectivity index (χ0) is 21.6. The lowest BCUT2D eigenvalue weighted by Crippen LogP contribution is -2.26. The van der Waals surface area contributed by atoms with E-state index in [2.05, 4.69) is 5.32 Å². The van der Waals surface area contributed by atoms with Crippen LogP contribution in [0.4, 0.5) is 0 Å². The summed E-state index contributed by atoms with van der Waals surface area (Å²) < 4.78 is 31.0.